The van der Waals surface area contributed by atoms with Crippen molar-refractivity contribution in [2.45, 2.75) is 38.5 Å². The van der Waals surface area contributed by atoms with Crippen molar-refractivity contribution in [1.82, 2.24) is 0 Å². The van der Waals surface area contributed by atoms with Gasteiger partial charge in [0.05, 0.1) is 22.5 Å². The van der Waals surface area contributed by atoms with E-state index in [1.165, 1.54) is 112 Å². The van der Waals surface area contributed by atoms with Crippen LogP contribution in [0.2, 0.25) is 0 Å². The van der Waals surface area contributed by atoms with Crippen molar-refractivity contribution in [1.29, 1.82) is 0 Å². The smallest absolute Gasteiger partial charge is 0.0726 e. The van der Waals surface area contributed by atoms with Gasteiger partial charge in [-0.2, -0.15) is 0 Å². The van der Waals surface area contributed by atoms with Gasteiger partial charge in [0, 0.05) is 28.0 Å². The van der Waals surface area contributed by atoms with E-state index in [-0.39, 0.29) is 5.41 Å². The van der Waals surface area contributed by atoms with Crippen molar-refractivity contribution in [2.75, 3.05) is 9.80 Å². The van der Waals surface area contributed by atoms with Crippen LogP contribution < -0.4 is 9.80 Å². The van der Waals surface area contributed by atoms with E-state index in [1.807, 2.05) is 0 Å². The van der Waals surface area contributed by atoms with Crippen molar-refractivity contribution >= 4 is 34.1 Å². The lowest BCUT2D eigenvalue weighted by Gasteiger charge is -2.43. The summed E-state index contributed by atoms with van der Waals surface area (Å²) >= 11 is 0. The average Bonchev–Trinajstić information content (AvgIpc) is 3.96. The number of aryl methyl sites for hydroxylation is 2. The van der Waals surface area contributed by atoms with Crippen molar-refractivity contribution < 1.29 is 0 Å². The minimum atomic E-state index is -0.458. The van der Waals surface area contributed by atoms with Crippen LogP contribution in [-0.2, 0) is 10.8 Å². The largest absolute Gasteiger partial charge is 0.310 e. The first-order valence-corrected chi connectivity index (χ1v) is 26.0. The molecule has 0 N–H and O–H groups in total. The standard InChI is InChI=1S/C72H54N2/c1-47-20-8-9-23-55(47)60-46-51(37-36-48(60)2)49-38-42-53(43-39-49)73(67-34-19-32-65-69(67)59-26-12-15-30-63(59)72(65)61-28-13-10-24-57(61)58-25-11-14-29-62(58)72)54-44-40-50(41-45-54)56-27-18-35-68-70(56)71(3,4)64-31-16-17-33-66(64)74(68)52-21-6-5-7-22-52/h5-46H,1-4H3. The van der Waals surface area contributed by atoms with E-state index in [0.29, 0.717) is 0 Å². The molecule has 352 valence electrons. The number of benzene rings is 11. The molecule has 2 nitrogen and oxygen atoms in total. The molecule has 1 aliphatic heterocycles. The maximum atomic E-state index is 2.50. The number of hydrogen-bond donors (Lipinski definition) is 0. The molecule has 0 bridgehead atoms. The summed E-state index contributed by atoms with van der Waals surface area (Å²) in [6.07, 6.45) is 0. The Morgan fingerprint density at radius 1 is 0.338 bits per heavy atom. The van der Waals surface area contributed by atoms with Crippen LogP contribution in [0.4, 0.5) is 34.1 Å². The van der Waals surface area contributed by atoms with E-state index in [9.17, 15) is 0 Å². The summed E-state index contributed by atoms with van der Waals surface area (Å²) in [4.78, 5) is 4.95. The van der Waals surface area contributed by atoms with Gasteiger partial charge in [-0.25, -0.2) is 0 Å². The summed E-state index contributed by atoms with van der Waals surface area (Å²) in [7, 11) is 0. The first kappa shape index (κ1) is 43.8. The van der Waals surface area contributed by atoms with Crippen molar-refractivity contribution in [2.24, 2.45) is 0 Å². The summed E-state index contributed by atoms with van der Waals surface area (Å²) in [6, 6.07) is 95.1. The van der Waals surface area contributed by atoms with Crippen molar-refractivity contribution in [3.63, 3.8) is 0 Å². The van der Waals surface area contributed by atoms with E-state index in [1.54, 1.807) is 0 Å². The lowest BCUT2D eigenvalue weighted by molar-refractivity contribution is 0.633. The molecule has 1 spiro atoms. The van der Waals surface area contributed by atoms with Gasteiger partial charge in [-0.1, -0.05) is 208 Å². The van der Waals surface area contributed by atoms with Gasteiger partial charge in [0.25, 0.3) is 0 Å². The first-order valence-electron chi connectivity index (χ1n) is 26.0. The summed E-state index contributed by atoms with van der Waals surface area (Å²) in [5, 5.41) is 0. The molecule has 74 heavy (non-hydrogen) atoms. The van der Waals surface area contributed by atoms with E-state index in [0.717, 1.165) is 22.7 Å². The number of rotatable bonds is 7. The predicted octanol–water partition coefficient (Wildman–Crippen LogP) is 19.2. The molecule has 3 aliphatic rings. The highest BCUT2D eigenvalue weighted by atomic mass is 15.2. The van der Waals surface area contributed by atoms with E-state index < -0.39 is 5.41 Å². The molecule has 0 saturated heterocycles. The second-order valence-corrected chi connectivity index (χ2v) is 20.9. The predicted molar refractivity (Wildman–Crippen MR) is 310 cm³/mol. The quantitative estimate of drug-likeness (QED) is 0.157. The molecule has 2 heteroatoms. The third kappa shape index (κ3) is 6.37. The van der Waals surface area contributed by atoms with Crippen LogP contribution in [0.3, 0.4) is 0 Å². The summed E-state index contributed by atoms with van der Waals surface area (Å²) < 4.78 is 0. The van der Waals surface area contributed by atoms with Crippen molar-refractivity contribution in [3.05, 3.63) is 299 Å². The average molecular weight is 947 g/mol. The molecule has 0 saturated carbocycles. The number of nitrogens with zero attached hydrogens (tertiary/aromatic N) is 2. The zero-order valence-corrected chi connectivity index (χ0v) is 42.1. The van der Waals surface area contributed by atoms with Crippen LogP contribution in [0, 0.1) is 13.8 Å². The van der Waals surface area contributed by atoms with E-state index in [2.05, 4.69) is 292 Å². The Morgan fingerprint density at radius 3 is 1.50 bits per heavy atom. The third-order valence-electron chi connectivity index (χ3n) is 16.5. The Labute approximate surface area is 435 Å². The summed E-state index contributed by atoms with van der Waals surface area (Å²) in [5.41, 5.74) is 29.3. The normalized spacial score (nSPS) is 13.9. The molecule has 11 aromatic carbocycles. The maximum absolute atomic E-state index is 2.50. The molecule has 0 radical (unpaired) electrons. The fraction of sp³-hybridized carbons (Fsp3) is 0.0833. The Bertz CT molecular complexity index is 3970. The monoisotopic (exact) mass is 946 g/mol. The van der Waals surface area contributed by atoms with Gasteiger partial charge in [-0.3, -0.25) is 0 Å². The van der Waals surface area contributed by atoms with Crippen LogP contribution in [0.15, 0.2) is 255 Å². The Balaban J connectivity index is 0.949. The fourth-order valence-electron chi connectivity index (χ4n) is 13.2. The first-order chi connectivity index (χ1) is 36.3. The van der Waals surface area contributed by atoms with Crippen LogP contribution >= 0.6 is 0 Å². The van der Waals surface area contributed by atoms with Gasteiger partial charge in [0.2, 0.25) is 0 Å². The highest BCUT2D eigenvalue weighted by Gasteiger charge is 2.52. The lowest BCUT2D eigenvalue weighted by Crippen LogP contribution is -2.31. The second-order valence-electron chi connectivity index (χ2n) is 20.9. The summed E-state index contributed by atoms with van der Waals surface area (Å²) in [5.74, 6) is 0. The highest BCUT2D eigenvalue weighted by Crippen LogP contribution is 2.65. The van der Waals surface area contributed by atoms with E-state index in [4.69, 9.17) is 0 Å². The number of fused-ring (bicyclic) bond motifs is 12. The molecule has 0 amide bonds. The van der Waals surface area contributed by atoms with Crippen LogP contribution in [0.5, 0.6) is 0 Å². The molecule has 14 rings (SSSR count). The van der Waals surface area contributed by atoms with Crippen molar-refractivity contribution in [3.8, 4) is 55.6 Å². The SMILES string of the molecule is Cc1ccccc1-c1cc(-c2ccc(N(c3ccc(-c4cccc5c4C(C)(C)c4ccccc4N5c4ccccc4)cc3)c3cccc4c3-c3ccccc3C43c4ccccc4-c4ccccc43)cc2)ccc1C. The molecule has 0 fully saturated rings. The maximum Gasteiger partial charge on any atom is 0.0726 e. The number of para-hydroxylation sites is 2. The Kier molecular flexibility index (Phi) is 9.94. The van der Waals surface area contributed by atoms with Gasteiger partial charge >= 0.3 is 0 Å². The number of anilines is 6. The zero-order chi connectivity index (χ0) is 49.7. The Morgan fingerprint density at radius 2 is 0.824 bits per heavy atom. The van der Waals surface area contributed by atoms with E-state index >= 15 is 0 Å². The zero-order valence-electron chi connectivity index (χ0n) is 42.1. The molecule has 0 atom stereocenters. The molecule has 1 heterocycles. The van der Waals surface area contributed by atoms with Gasteiger partial charge < -0.3 is 9.80 Å². The van der Waals surface area contributed by atoms with Gasteiger partial charge in [0.15, 0.2) is 0 Å². The van der Waals surface area contributed by atoms with Crippen LogP contribution in [0.1, 0.15) is 58.4 Å². The highest BCUT2D eigenvalue weighted by molar-refractivity contribution is 6.01. The Hall–Kier alpha value is -8.98. The molecular weight excluding hydrogens is 893 g/mol. The second kappa shape index (κ2) is 16.8. The molecule has 11 aromatic rings. The topological polar surface area (TPSA) is 6.48 Å². The third-order valence-corrected chi connectivity index (χ3v) is 16.5. The molecule has 2 aliphatic carbocycles. The minimum absolute atomic E-state index is 0.260. The van der Waals surface area contributed by atoms with Crippen LogP contribution in [0.25, 0.3) is 55.6 Å². The fourth-order valence-corrected chi connectivity index (χ4v) is 13.2. The molecular formula is C72H54N2. The van der Waals surface area contributed by atoms with Gasteiger partial charge in [-0.15, -0.1) is 0 Å². The van der Waals surface area contributed by atoms with Gasteiger partial charge in [0.1, 0.15) is 0 Å². The number of hydrogen-bond acceptors (Lipinski definition) is 2. The van der Waals surface area contributed by atoms with Gasteiger partial charge in [-0.05, 0) is 169 Å². The minimum Gasteiger partial charge on any atom is -0.310 e. The molecule has 0 aromatic heterocycles. The lowest BCUT2D eigenvalue weighted by atomic mass is 9.70. The summed E-state index contributed by atoms with van der Waals surface area (Å²) in [6.45, 7) is 9.19. The molecule has 0 unspecified atom stereocenters. The van der Waals surface area contributed by atoms with Crippen LogP contribution in [-0.4, -0.2) is 0 Å².